The van der Waals surface area contributed by atoms with Crippen LogP contribution in [0.5, 0.6) is 0 Å². The molecule has 34 heavy (non-hydrogen) atoms. The highest BCUT2D eigenvalue weighted by Crippen LogP contribution is 2.32. The highest BCUT2D eigenvalue weighted by molar-refractivity contribution is 7.98. The number of carboxylic acids is 1. The van der Waals surface area contributed by atoms with E-state index in [-0.39, 0.29) is 0 Å². The van der Waals surface area contributed by atoms with Crippen LogP contribution in [0.15, 0.2) is 83.4 Å². The van der Waals surface area contributed by atoms with Crippen molar-refractivity contribution in [1.82, 2.24) is 5.16 Å². The number of aliphatic carboxylic acids is 1. The molecule has 0 bridgehead atoms. The molecule has 0 amide bonds. The molecule has 174 valence electrons. The van der Waals surface area contributed by atoms with Gasteiger partial charge in [0.1, 0.15) is 0 Å². The smallest absolute Gasteiger partial charge is 0.313 e. The molecule has 0 aliphatic heterocycles. The first-order valence-electron chi connectivity index (χ1n) is 11.4. The van der Waals surface area contributed by atoms with Crippen molar-refractivity contribution in [3.05, 3.63) is 101 Å². The van der Waals surface area contributed by atoms with Crippen molar-refractivity contribution >= 4 is 17.7 Å². The maximum Gasteiger partial charge on any atom is 0.313 e. The Hall–Kier alpha value is -3.31. The lowest BCUT2D eigenvalue weighted by molar-refractivity contribution is -0.142. The SMILES string of the molecule is Cc1noc(-c2ccc(-c3ccc(C(C)(C)C(=O)O)cc3)cc2)c1CSCCc1ccccc1. The fraction of sp³-hybridized carbons (Fsp3) is 0.241. The van der Waals surface area contributed by atoms with Crippen LogP contribution >= 0.6 is 11.8 Å². The Morgan fingerprint density at radius 2 is 1.50 bits per heavy atom. The lowest BCUT2D eigenvalue weighted by Crippen LogP contribution is -2.28. The van der Waals surface area contributed by atoms with Crippen LogP contribution in [0.1, 0.15) is 36.2 Å². The molecule has 0 fully saturated rings. The zero-order valence-corrected chi connectivity index (χ0v) is 20.6. The van der Waals surface area contributed by atoms with Gasteiger partial charge in [0.25, 0.3) is 0 Å². The van der Waals surface area contributed by atoms with Crippen LogP contribution in [0.25, 0.3) is 22.5 Å². The Kier molecular flexibility index (Phi) is 7.23. The molecular weight excluding hydrogens is 442 g/mol. The summed E-state index contributed by atoms with van der Waals surface area (Å²) in [5, 5.41) is 13.7. The maximum atomic E-state index is 11.5. The average Bonchev–Trinajstić information content (AvgIpc) is 3.22. The molecule has 3 aromatic carbocycles. The molecule has 1 aromatic heterocycles. The van der Waals surface area contributed by atoms with Crippen LogP contribution in [-0.2, 0) is 22.4 Å². The molecule has 4 aromatic rings. The molecule has 0 saturated heterocycles. The number of carboxylic acid groups (broad SMARTS) is 1. The Balaban J connectivity index is 1.44. The second kappa shape index (κ2) is 10.3. The summed E-state index contributed by atoms with van der Waals surface area (Å²) in [5.41, 5.74) is 6.42. The minimum absolute atomic E-state index is 0.784. The van der Waals surface area contributed by atoms with Gasteiger partial charge in [-0.1, -0.05) is 84.0 Å². The summed E-state index contributed by atoms with van der Waals surface area (Å²) in [6, 6.07) is 26.5. The van der Waals surface area contributed by atoms with E-state index in [1.807, 2.05) is 49.0 Å². The van der Waals surface area contributed by atoms with E-state index in [4.69, 9.17) is 4.52 Å². The topological polar surface area (TPSA) is 63.3 Å². The predicted molar refractivity (Wildman–Crippen MR) is 139 cm³/mol. The summed E-state index contributed by atoms with van der Waals surface area (Å²) in [4.78, 5) is 11.5. The molecule has 0 radical (unpaired) electrons. The van der Waals surface area contributed by atoms with Crippen molar-refractivity contribution in [2.75, 3.05) is 5.75 Å². The first kappa shape index (κ1) is 23.8. The Morgan fingerprint density at radius 1 is 0.912 bits per heavy atom. The minimum Gasteiger partial charge on any atom is -0.481 e. The van der Waals surface area contributed by atoms with Crippen LogP contribution in [0.4, 0.5) is 0 Å². The summed E-state index contributed by atoms with van der Waals surface area (Å²) in [6.07, 6.45) is 1.04. The van der Waals surface area contributed by atoms with E-state index in [1.165, 1.54) is 5.56 Å². The number of hydrogen-bond donors (Lipinski definition) is 1. The summed E-state index contributed by atoms with van der Waals surface area (Å²) in [7, 11) is 0. The number of carbonyl (C=O) groups is 1. The quantitative estimate of drug-likeness (QED) is 0.263. The summed E-state index contributed by atoms with van der Waals surface area (Å²) < 4.78 is 5.70. The van der Waals surface area contributed by atoms with Crippen LogP contribution in [0.2, 0.25) is 0 Å². The molecule has 0 aliphatic rings. The number of benzene rings is 3. The molecule has 0 unspecified atom stereocenters. The zero-order chi connectivity index (χ0) is 24.1. The monoisotopic (exact) mass is 471 g/mol. The highest BCUT2D eigenvalue weighted by atomic mass is 32.2. The number of nitrogens with zero attached hydrogens (tertiary/aromatic N) is 1. The molecule has 4 nitrogen and oxygen atoms in total. The van der Waals surface area contributed by atoms with Gasteiger partial charge in [0.15, 0.2) is 5.76 Å². The average molecular weight is 472 g/mol. The van der Waals surface area contributed by atoms with Crippen molar-refractivity contribution in [1.29, 1.82) is 0 Å². The van der Waals surface area contributed by atoms with Crippen molar-refractivity contribution < 1.29 is 14.4 Å². The zero-order valence-electron chi connectivity index (χ0n) is 19.7. The van der Waals surface area contributed by atoms with E-state index in [0.717, 1.165) is 57.2 Å². The van der Waals surface area contributed by atoms with Crippen molar-refractivity contribution in [3.63, 3.8) is 0 Å². The van der Waals surface area contributed by atoms with E-state index < -0.39 is 11.4 Å². The van der Waals surface area contributed by atoms with Gasteiger partial charge in [-0.05, 0) is 55.2 Å². The van der Waals surface area contributed by atoms with Gasteiger partial charge < -0.3 is 9.63 Å². The van der Waals surface area contributed by atoms with Gasteiger partial charge in [-0.3, -0.25) is 4.79 Å². The maximum absolute atomic E-state index is 11.5. The molecule has 1 N–H and O–H groups in total. The van der Waals surface area contributed by atoms with Gasteiger partial charge in [0.05, 0.1) is 11.1 Å². The third kappa shape index (κ3) is 5.26. The Morgan fingerprint density at radius 3 is 2.12 bits per heavy atom. The predicted octanol–water partition coefficient (Wildman–Crippen LogP) is 7.16. The van der Waals surface area contributed by atoms with Gasteiger partial charge >= 0.3 is 5.97 Å². The van der Waals surface area contributed by atoms with Crippen LogP contribution in [0.3, 0.4) is 0 Å². The highest BCUT2D eigenvalue weighted by Gasteiger charge is 2.29. The molecule has 0 saturated carbocycles. The van der Waals surface area contributed by atoms with Crippen molar-refractivity contribution in [2.45, 2.75) is 38.4 Å². The lowest BCUT2D eigenvalue weighted by Gasteiger charge is -2.19. The minimum atomic E-state index is -0.915. The standard InChI is InChI=1S/C29H29NO3S/c1-20-26(19-34-18-17-21-7-5-4-6-8-21)27(33-30-20)24-11-9-22(10-12-24)23-13-15-25(16-14-23)29(2,3)28(31)32/h4-16H,17-19H2,1-3H3,(H,31,32). The van der Waals surface area contributed by atoms with Crippen LogP contribution < -0.4 is 0 Å². The lowest BCUT2D eigenvalue weighted by atomic mass is 9.84. The second-order valence-corrected chi connectivity index (χ2v) is 10.1. The first-order chi connectivity index (χ1) is 16.4. The van der Waals surface area contributed by atoms with E-state index >= 15 is 0 Å². The molecule has 5 heteroatoms. The van der Waals surface area contributed by atoms with E-state index in [9.17, 15) is 9.90 Å². The van der Waals surface area contributed by atoms with Crippen LogP contribution in [-0.4, -0.2) is 22.0 Å². The third-order valence-corrected chi connectivity index (χ3v) is 7.22. The van der Waals surface area contributed by atoms with Crippen LogP contribution in [0, 0.1) is 6.92 Å². The Labute approximate surface area is 205 Å². The van der Waals surface area contributed by atoms with Gasteiger partial charge in [-0.25, -0.2) is 0 Å². The fourth-order valence-corrected chi connectivity index (χ4v) is 4.88. The number of aryl methyl sites for hydroxylation is 2. The molecule has 4 rings (SSSR count). The summed E-state index contributed by atoms with van der Waals surface area (Å²) in [6.45, 7) is 5.43. The summed E-state index contributed by atoms with van der Waals surface area (Å²) >= 11 is 1.89. The fourth-order valence-electron chi connectivity index (χ4n) is 3.81. The molecule has 1 heterocycles. The van der Waals surface area contributed by atoms with Gasteiger partial charge in [-0.15, -0.1) is 0 Å². The largest absolute Gasteiger partial charge is 0.481 e. The molecule has 0 spiro atoms. The first-order valence-corrected chi connectivity index (χ1v) is 12.5. The van der Waals surface area contributed by atoms with E-state index in [2.05, 4.69) is 53.7 Å². The van der Waals surface area contributed by atoms with E-state index in [0.29, 0.717) is 0 Å². The second-order valence-electron chi connectivity index (χ2n) is 8.95. The Bertz CT molecular complexity index is 1240. The van der Waals surface area contributed by atoms with Gasteiger partial charge in [0, 0.05) is 16.9 Å². The normalized spacial score (nSPS) is 11.5. The third-order valence-electron chi connectivity index (χ3n) is 6.23. The van der Waals surface area contributed by atoms with Crippen molar-refractivity contribution in [3.8, 4) is 22.5 Å². The molecule has 0 atom stereocenters. The summed E-state index contributed by atoms with van der Waals surface area (Å²) in [5.74, 6) is 1.90. The van der Waals surface area contributed by atoms with E-state index in [1.54, 1.807) is 13.8 Å². The van der Waals surface area contributed by atoms with Gasteiger partial charge in [-0.2, -0.15) is 11.8 Å². The molecule has 0 aliphatic carbocycles. The number of thioether (sulfide) groups is 1. The van der Waals surface area contributed by atoms with Gasteiger partial charge in [0.2, 0.25) is 0 Å². The number of rotatable bonds is 9. The molecular formula is C29H29NO3S. The number of hydrogen-bond acceptors (Lipinski definition) is 4. The van der Waals surface area contributed by atoms with Crippen molar-refractivity contribution in [2.24, 2.45) is 0 Å². The number of aromatic nitrogens is 1.